The maximum absolute atomic E-state index is 13.0. The second kappa shape index (κ2) is 8.18. The zero-order valence-electron chi connectivity index (χ0n) is 15.1. The van der Waals surface area contributed by atoms with E-state index in [0.29, 0.717) is 12.0 Å². The molecule has 0 spiro atoms. The molecule has 3 aromatic rings. The van der Waals surface area contributed by atoms with Gasteiger partial charge >= 0.3 is 6.18 Å². The van der Waals surface area contributed by atoms with Gasteiger partial charge < -0.3 is 5.32 Å². The summed E-state index contributed by atoms with van der Waals surface area (Å²) in [6, 6.07) is 26.3. The lowest BCUT2D eigenvalue weighted by molar-refractivity contribution is -0.137. The van der Waals surface area contributed by atoms with Gasteiger partial charge in [0, 0.05) is 12.1 Å². The minimum absolute atomic E-state index is 0.246. The van der Waals surface area contributed by atoms with Gasteiger partial charge in [-0.3, -0.25) is 0 Å². The summed E-state index contributed by atoms with van der Waals surface area (Å²) in [5.41, 5.74) is 0.852. The molecular weight excluding hydrogens is 361 g/mol. The summed E-state index contributed by atoms with van der Waals surface area (Å²) in [6.45, 7) is 0. The van der Waals surface area contributed by atoms with Crippen LogP contribution in [0.4, 0.5) is 18.9 Å². The molecule has 1 unspecified atom stereocenters. The quantitative estimate of drug-likeness (QED) is 0.540. The third-order valence-electron chi connectivity index (χ3n) is 4.71. The number of hydrogen-bond donors (Lipinski definition) is 1. The summed E-state index contributed by atoms with van der Waals surface area (Å²) in [5.74, 6) is 0. The molecule has 0 bridgehead atoms. The average molecular weight is 380 g/mol. The Morgan fingerprint density at radius 3 is 1.75 bits per heavy atom. The summed E-state index contributed by atoms with van der Waals surface area (Å²) < 4.78 is 39.1. The third kappa shape index (κ3) is 4.17. The van der Waals surface area contributed by atoms with E-state index in [1.165, 1.54) is 12.1 Å². The second-order valence-electron chi connectivity index (χ2n) is 6.50. The first-order valence-electron chi connectivity index (χ1n) is 8.89. The van der Waals surface area contributed by atoms with E-state index in [4.69, 9.17) is 0 Å². The van der Waals surface area contributed by atoms with E-state index in [1.807, 2.05) is 60.7 Å². The maximum atomic E-state index is 13.0. The topological polar surface area (TPSA) is 35.8 Å². The number of benzene rings is 3. The van der Waals surface area contributed by atoms with Crippen LogP contribution in [-0.2, 0) is 11.7 Å². The van der Waals surface area contributed by atoms with E-state index < -0.39 is 17.3 Å². The van der Waals surface area contributed by atoms with Crippen LogP contribution >= 0.6 is 0 Å². The molecule has 142 valence electrons. The molecule has 3 rings (SSSR count). The molecule has 3 aromatic carbocycles. The Morgan fingerprint density at radius 1 is 0.714 bits per heavy atom. The van der Waals surface area contributed by atoms with Crippen LogP contribution in [0.2, 0.25) is 0 Å². The number of rotatable bonds is 6. The van der Waals surface area contributed by atoms with Crippen molar-refractivity contribution in [1.29, 1.82) is 5.26 Å². The fraction of sp³-hybridized carbons (Fsp3) is 0.174. The Balaban J connectivity index is 2.15. The monoisotopic (exact) mass is 380 g/mol. The van der Waals surface area contributed by atoms with Crippen molar-refractivity contribution in [1.82, 2.24) is 0 Å². The standard InChI is InChI=1S/C23H19F3N2/c24-23(25,26)20-14-12-19(13-15-20)22(16-7-17-27,18-8-3-1-4-9-18)28-21-10-5-2-6-11-21/h1-6,8-15,28H,7,16H2. The van der Waals surface area contributed by atoms with Crippen molar-refractivity contribution < 1.29 is 13.2 Å². The van der Waals surface area contributed by atoms with Crippen molar-refractivity contribution in [2.24, 2.45) is 0 Å². The molecule has 1 N–H and O–H groups in total. The largest absolute Gasteiger partial charge is 0.416 e. The lowest BCUT2D eigenvalue weighted by Crippen LogP contribution is -2.37. The second-order valence-corrected chi connectivity index (χ2v) is 6.50. The van der Waals surface area contributed by atoms with E-state index in [9.17, 15) is 18.4 Å². The van der Waals surface area contributed by atoms with Gasteiger partial charge in [-0.1, -0.05) is 60.7 Å². The van der Waals surface area contributed by atoms with Crippen LogP contribution < -0.4 is 5.32 Å². The number of halogens is 3. The summed E-state index contributed by atoms with van der Waals surface area (Å²) in [4.78, 5) is 0. The molecule has 0 saturated carbocycles. The predicted octanol–water partition coefficient (Wildman–Crippen LogP) is 6.36. The number of anilines is 1. The van der Waals surface area contributed by atoms with Crippen LogP contribution in [0.25, 0.3) is 0 Å². The molecule has 0 fully saturated rings. The highest BCUT2D eigenvalue weighted by atomic mass is 19.4. The molecule has 0 saturated heterocycles. The van der Waals surface area contributed by atoms with Gasteiger partial charge in [0.1, 0.15) is 0 Å². The Morgan fingerprint density at radius 2 is 1.21 bits per heavy atom. The van der Waals surface area contributed by atoms with Crippen molar-refractivity contribution in [3.8, 4) is 6.07 Å². The average Bonchev–Trinajstić information content (AvgIpc) is 2.72. The van der Waals surface area contributed by atoms with Crippen molar-refractivity contribution in [3.63, 3.8) is 0 Å². The molecule has 0 aliphatic rings. The lowest BCUT2D eigenvalue weighted by atomic mass is 9.78. The number of nitriles is 1. The molecule has 0 aliphatic carbocycles. The molecule has 1 atom stereocenters. The fourth-order valence-electron chi connectivity index (χ4n) is 3.34. The number of alkyl halides is 3. The first-order valence-corrected chi connectivity index (χ1v) is 8.89. The van der Waals surface area contributed by atoms with Crippen LogP contribution in [0.15, 0.2) is 84.9 Å². The number of hydrogen-bond acceptors (Lipinski definition) is 2. The summed E-state index contributed by atoms with van der Waals surface area (Å²) in [6.07, 6.45) is -3.74. The summed E-state index contributed by atoms with van der Waals surface area (Å²) in [5, 5.41) is 12.7. The molecule has 0 aromatic heterocycles. The highest BCUT2D eigenvalue weighted by Crippen LogP contribution is 2.39. The van der Waals surface area contributed by atoms with E-state index in [0.717, 1.165) is 23.4 Å². The SMILES string of the molecule is N#CCCC(Nc1ccccc1)(c1ccccc1)c1ccc(C(F)(F)F)cc1. The maximum Gasteiger partial charge on any atom is 0.416 e. The zero-order valence-corrected chi connectivity index (χ0v) is 15.1. The van der Waals surface area contributed by atoms with Gasteiger partial charge in [0.05, 0.1) is 17.2 Å². The fourth-order valence-corrected chi connectivity index (χ4v) is 3.34. The van der Waals surface area contributed by atoms with Gasteiger partial charge in [-0.25, -0.2) is 0 Å². The molecule has 5 heteroatoms. The summed E-state index contributed by atoms with van der Waals surface area (Å²) in [7, 11) is 0. The van der Waals surface area contributed by atoms with Crippen LogP contribution in [0.3, 0.4) is 0 Å². The van der Waals surface area contributed by atoms with Crippen molar-refractivity contribution in [2.45, 2.75) is 24.6 Å². The third-order valence-corrected chi connectivity index (χ3v) is 4.71. The molecule has 0 radical (unpaired) electrons. The van der Waals surface area contributed by atoms with Crippen molar-refractivity contribution in [2.75, 3.05) is 5.32 Å². The van der Waals surface area contributed by atoms with E-state index in [2.05, 4.69) is 11.4 Å². The first-order chi connectivity index (χ1) is 13.5. The van der Waals surface area contributed by atoms with Gasteiger partial charge in [-0.2, -0.15) is 18.4 Å². The van der Waals surface area contributed by atoms with Crippen LogP contribution in [-0.4, -0.2) is 0 Å². The molecule has 2 nitrogen and oxygen atoms in total. The van der Waals surface area contributed by atoms with Gasteiger partial charge in [0.2, 0.25) is 0 Å². The minimum atomic E-state index is -4.40. The minimum Gasteiger partial charge on any atom is -0.372 e. The Bertz CT molecular complexity index is 930. The van der Waals surface area contributed by atoms with Gasteiger partial charge in [-0.05, 0) is 41.8 Å². The van der Waals surface area contributed by atoms with E-state index in [1.54, 1.807) is 0 Å². The molecule has 0 heterocycles. The Kier molecular flexibility index (Phi) is 5.70. The Labute approximate surface area is 162 Å². The van der Waals surface area contributed by atoms with Crippen molar-refractivity contribution in [3.05, 3.63) is 102 Å². The number of nitrogens with zero attached hydrogens (tertiary/aromatic N) is 1. The van der Waals surface area contributed by atoms with E-state index >= 15 is 0 Å². The highest BCUT2D eigenvalue weighted by molar-refractivity contribution is 5.53. The highest BCUT2D eigenvalue weighted by Gasteiger charge is 2.36. The zero-order chi connectivity index (χ0) is 20.0. The van der Waals surface area contributed by atoms with Crippen LogP contribution in [0.5, 0.6) is 0 Å². The number of para-hydroxylation sites is 1. The molecule has 28 heavy (non-hydrogen) atoms. The van der Waals surface area contributed by atoms with Crippen LogP contribution in [0.1, 0.15) is 29.5 Å². The van der Waals surface area contributed by atoms with Gasteiger partial charge in [0.25, 0.3) is 0 Å². The first kappa shape index (κ1) is 19.5. The smallest absolute Gasteiger partial charge is 0.372 e. The predicted molar refractivity (Wildman–Crippen MR) is 104 cm³/mol. The number of nitrogens with one attached hydrogen (secondary N) is 1. The molecule has 0 amide bonds. The Hall–Kier alpha value is -3.26. The van der Waals surface area contributed by atoms with Gasteiger partial charge in [-0.15, -0.1) is 0 Å². The van der Waals surface area contributed by atoms with E-state index in [-0.39, 0.29) is 6.42 Å². The normalized spacial score (nSPS) is 13.4. The molecule has 0 aliphatic heterocycles. The molecular formula is C23H19F3N2. The lowest BCUT2D eigenvalue weighted by Gasteiger charge is -2.37. The van der Waals surface area contributed by atoms with Crippen molar-refractivity contribution >= 4 is 5.69 Å². The summed E-state index contributed by atoms with van der Waals surface area (Å²) >= 11 is 0. The van der Waals surface area contributed by atoms with Crippen LogP contribution in [0, 0.1) is 11.3 Å². The van der Waals surface area contributed by atoms with Gasteiger partial charge in [0.15, 0.2) is 0 Å².